The van der Waals surface area contributed by atoms with Gasteiger partial charge in [-0.3, -0.25) is 19.7 Å². The fourth-order valence-electron chi connectivity index (χ4n) is 5.64. The molecular weight excluding hydrogens is 452 g/mol. The van der Waals surface area contributed by atoms with E-state index in [1.165, 1.54) is 24.4 Å². The van der Waals surface area contributed by atoms with E-state index in [-0.39, 0.29) is 35.7 Å². The Hall–Kier alpha value is -2.39. The molecule has 2 fully saturated rings. The van der Waals surface area contributed by atoms with Crippen molar-refractivity contribution in [1.29, 1.82) is 0 Å². The summed E-state index contributed by atoms with van der Waals surface area (Å²) in [5, 5.41) is 4.22. The Kier molecular flexibility index (Phi) is 6.66. The molecule has 8 nitrogen and oxygen atoms in total. The minimum atomic E-state index is -0.573. The zero-order chi connectivity index (χ0) is 23.8. The van der Waals surface area contributed by atoms with Gasteiger partial charge in [0, 0.05) is 24.8 Å². The first-order chi connectivity index (χ1) is 16.5. The van der Waals surface area contributed by atoms with Crippen molar-refractivity contribution in [1.82, 2.24) is 10.2 Å². The smallest absolute Gasteiger partial charge is 0.309 e. The molecule has 3 heterocycles. The number of ether oxygens (including phenoxy) is 1. The highest BCUT2D eigenvalue weighted by molar-refractivity contribution is 8.14. The molecule has 34 heavy (non-hydrogen) atoms. The number of carbonyl (C=O) groups excluding carboxylic acids is 3. The highest BCUT2D eigenvalue weighted by Crippen LogP contribution is 2.42. The van der Waals surface area contributed by atoms with Gasteiger partial charge >= 0.3 is 5.97 Å². The number of methoxy groups -OCH3 is 1. The van der Waals surface area contributed by atoms with Crippen LogP contribution in [0.2, 0.25) is 0 Å². The number of thioether (sulfide) groups is 1. The van der Waals surface area contributed by atoms with Crippen molar-refractivity contribution in [2.45, 2.75) is 51.2 Å². The molecule has 4 unspecified atom stereocenters. The normalized spacial score (nSPS) is 28.6. The number of nitrogens with zero attached hydrogens (tertiary/aromatic N) is 3. The fourth-order valence-corrected chi connectivity index (χ4v) is 6.61. The zero-order valence-electron chi connectivity index (χ0n) is 19.7. The van der Waals surface area contributed by atoms with Gasteiger partial charge < -0.3 is 14.5 Å². The Morgan fingerprint density at radius 2 is 2.06 bits per heavy atom. The van der Waals surface area contributed by atoms with Crippen molar-refractivity contribution in [3.63, 3.8) is 0 Å². The van der Waals surface area contributed by atoms with Gasteiger partial charge in [0.15, 0.2) is 5.17 Å². The SMILES string of the molecule is CCN1C(SCC(=O)N2CCCc3ccccc32)=NC(=O)C2C(C(=O)OC)CC(C3CC3)NC21. The van der Waals surface area contributed by atoms with Crippen LogP contribution in [0.15, 0.2) is 29.3 Å². The lowest BCUT2D eigenvalue weighted by atomic mass is 9.78. The van der Waals surface area contributed by atoms with Gasteiger partial charge in [0.2, 0.25) is 5.91 Å². The first kappa shape index (κ1) is 23.4. The summed E-state index contributed by atoms with van der Waals surface area (Å²) in [5.74, 6) is -0.938. The number of benzene rings is 1. The number of anilines is 1. The number of fused-ring (bicyclic) bond motifs is 2. The molecule has 0 bridgehead atoms. The summed E-state index contributed by atoms with van der Waals surface area (Å²) >= 11 is 1.31. The largest absolute Gasteiger partial charge is 0.469 e. The van der Waals surface area contributed by atoms with Crippen molar-refractivity contribution in [2.24, 2.45) is 22.7 Å². The lowest BCUT2D eigenvalue weighted by Gasteiger charge is -2.48. The molecule has 3 aliphatic heterocycles. The van der Waals surface area contributed by atoms with Gasteiger partial charge in [0.05, 0.1) is 30.9 Å². The molecule has 1 saturated heterocycles. The maximum Gasteiger partial charge on any atom is 0.309 e. The number of nitrogens with one attached hydrogen (secondary N) is 1. The van der Waals surface area contributed by atoms with Crippen molar-refractivity contribution in [3.8, 4) is 0 Å². The van der Waals surface area contributed by atoms with Crippen molar-refractivity contribution < 1.29 is 19.1 Å². The maximum atomic E-state index is 13.2. The number of rotatable bonds is 5. The van der Waals surface area contributed by atoms with Gasteiger partial charge in [0.25, 0.3) is 5.91 Å². The molecule has 1 aromatic rings. The molecule has 1 N–H and O–H groups in total. The fraction of sp³-hybridized carbons (Fsp3) is 0.600. The number of amides is 2. The van der Waals surface area contributed by atoms with Gasteiger partial charge in [-0.2, -0.15) is 4.99 Å². The molecule has 1 aliphatic carbocycles. The molecule has 9 heteroatoms. The highest BCUT2D eigenvalue weighted by Gasteiger charge is 2.52. The van der Waals surface area contributed by atoms with E-state index in [1.807, 2.05) is 30.0 Å². The second-order valence-electron chi connectivity index (χ2n) is 9.53. The molecule has 1 aromatic carbocycles. The lowest BCUT2D eigenvalue weighted by Crippen LogP contribution is -2.65. The average molecular weight is 485 g/mol. The van der Waals surface area contributed by atoms with Crippen molar-refractivity contribution in [3.05, 3.63) is 29.8 Å². The number of amidine groups is 1. The number of para-hydroxylation sites is 1. The Morgan fingerprint density at radius 3 is 2.79 bits per heavy atom. The molecule has 1 saturated carbocycles. The molecule has 0 aromatic heterocycles. The summed E-state index contributed by atoms with van der Waals surface area (Å²) in [6.45, 7) is 3.34. The predicted octanol–water partition coefficient (Wildman–Crippen LogP) is 2.42. The molecule has 4 atom stereocenters. The van der Waals surface area contributed by atoms with Crippen LogP contribution in [0.1, 0.15) is 38.2 Å². The van der Waals surface area contributed by atoms with Crippen LogP contribution in [0, 0.1) is 17.8 Å². The van der Waals surface area contributed by atoms with Crippen LogP contribution in [-0.4, -0.2) is 66.0 Å². The van der Waals surface area contributed by atoms with Crippen molar-refractivity contribution >= 4 is 40.4 Å². The molecular formula is C25H32N4O4S. The summed E-state index contributed by atoms with van der Waals surface area (Å²) in [7, 11) is 1.38. The van der Waals surface area contributed by atoms with E-state index in [1.54, 1.807) is 0 Å². The first-order valence-corrected chi connectivity index (χ1v) is 13.2. The first-order valence-electron chi connectivity index (χ1n) is 12.3. The third-order valence-electron chi connectivity index (χ3n) is 7.51. The van der Waals surface area contributed by atoms with Crippen LogP contribution in [-0.2, 0) is 25.5 Å². The summed E-state index contributed by atoms with van der Waals surface area (Å²) in [5.41, 5.74) is 2.18. The van der Waals surface area contributed by atoms with Crippen LogP contribution in [0.3, 0.4) is 0 Å². The van der Waals surface area contributed by atoms with E-state index in [9.17, 15) is 14.4 Å². The Bertz CT molecular complexity index is 1010. The van der Waals surface area contributed by atoms with Crippen LogP contribution in [0.25, 0.3) is 0 Å². The third kappa shape index (κ3) is 4.35. The maximum absolute atomic E-state index is 13.2. The standard InChI is InChI=1S/C25H32N4O4S/c1-3-28-22-21(17(24(32)33-2)13-18(26-22)15-10-11-15)23(31)27-25(28)34-14-20(30)29-12-6-8-16-7-4-5-9-19(16)29/h4-5,7,9,15,17-18,21-22,26H,3,6,8,10-14H2,1-2H3. The van der Waals surface area contributed by atoms with Crippen LogP contribution in [0.5, 0.6) is 0 Å². The second kappa shape index (κ2) is 9.70. The number of esters is 1. The monoisotopic (exact) mass is 484 g/mol. The van der Waals surface area contributed by atoms with E-state index < -0.39 is 11.8 Å². The number of carbonyl (C=O) groups is 3. The number of hydrogen-bond donors (Lipinski definition) is 1. The van der Waals surface area contributed by atoms with E-state index >= 15 is 0 Å². The second-order valence-corrected chi connectivity index (χ2v) is 10.5. The molecule has 4 aliphatic rings. The number of hydrogen-bond acceptors (Lipinski definition) is 7. The summed E-state index contributed by atoms with van der Waals surface area (Å²) < 4.78 is 5.06. The Balaban J connectivity index is 1.34. The van der Waals surface area contributed by atoms with Crippen LogP contribution >= 0.6 is 11.8 Å². The lowest BCUT2D eigenvalue weighted by molar-refractivity contribution is -0.155. The van der Waals surface area contributed by atoms with Gasteiger partial charge in [-0.25, -0.2) is 0 Å². The van der Waals surface area contributed by atoms with E-state index in [0.29, 0.717) is 30.6 Å². The number of aryl methyl sites for hydroxylation is 1. The van der Waals surface area contributed by atoms with Gasteiger partial charge in [-0.15, -0.1) is 0 Å². The number of aliphatic imine (C=N–C) groups is 1. The molecule has 0 spiro atoms. The van der Waals surface area contributed by atoms with E-state index in [0.717, 1.165) is 31.4 Å². The molecule has 2 amide bonds. The minimum Gasteiger partial charge on any atom is -0.469 e. The molecule has 5 rings (SSSR count). The highest BCUT2D eigenvalue weighted by atomic mass is 32.2. The molecule has 182 valence electrons. The Labute approximate surface area is 204 Å². The zero-order valence-corrected chi connectivity index (χ0v) is 20.6. The van der Waals surface area contributed by atoms with Gasteiger partial charge in [0.1, 0.15) is 0 Å². The van der Waals surface area contributed by atoms with E-state index in [4.69, 9.17) is 4.74 Å². The van der Waals surface area contributed by atoms with Crippen LogP contribution < -0.4 is 10.2 Å². The Morgan fingerprint density at radius 1 is 1.26 bits per heavy atom. The number of piperidine rings is 1. The predicted molar refractivity (Wildman–Crippen MR) is 131 cm³/mol. The van der Waals surface area contributed by atoms with Crippen molar-refractivity contribution in [2.75, 3.05) is 30.9 Å². The quantitative estimate of drug-likeness (QED) is 0.642. The van der Waals surface area contributed by atoms with Crippen LogP contribution in [0.4, 0.5) is 5.69 Å². The van der Waals surface area contributed by atoms with E-state index in [2.05, 4.69) is 21.3 Å². The summed E-state index contributed by atoms with van der Waals surface area (Å²) in [6.07, 6.45) is 4.50. The third-order valence-corrected chi connectivity index (χ3v) is 8.49. The summed E-state index contributed by atoms with van der Waals surface area (Å²) in [4.78, 5) is 47.2. The van der Waals surface area contributed by atoms with Gasteiger partial charge in [-0.05, 0) is 56.6 Å². The average Bonchev–Trinajstić information content (AvgIpc) is 3.71. The summed E-state index contributed by atoms with van der Waals surface area (Å²) in [6, 6.07) is 8.23. The molecule has 0 radical (unpaired) electrons. The van der Waals surface area contributed by atoms with Gasteiger partial charge in [-0.1, -0.05) is 30.0 Å². The minimum absolute atomic E-state index is 0.0189. The topological polar surface area (TPSA) is 91.3 Å².